The topological polar surface area (TPSA) is 43.4 Å². The molecule has 2 atom stereocenters. The summed E-state index contributed by atoms with van der Waals surface area (Å²) >= 11 is -0.135. The first-order valence-corrected chi connectivity index (χ1v) is 5.78. The van der Waals surface area contributed by atoms with Crippen molar-refractivity contribution >= 4 is 23.0 Å². The maximum Gasteiger partial charge on any atom is 0.0222 e. The van der Waals surface area contributed by atoms with Crippen LogP contribution in [0.5, 0.6) is 0 Å². The molecule has 0 bridgehead atoms. The maximum absolute atomic E-state index is 10.5. The Labute approximate surface area is 74.0 Å². The van der Waals surface area contributed by atoms with Crippen LogP contribution in [0.3, 0.4) is 0 Å². The zero-order valence-corrected chi connectivity index (χ0v) is 8.12. The second-order valence-corrected chi connectivity index (χ2v) is 4.87. The third-order valence-corrected chi connectivity index (χ3v) is 3.89. The lowest BCUT2D eigenvalue weighted by Gasteiger charge is -2.32. The summed E-state index contributed by atoms with van der Waals surface area (Å²) in [4.78, 5) is 0. The van der Waals surface area contributed by atoms with Crippen molar-refractivity contribution in [1.29, 1.82) is 0 Å². The van der Waals surface area contributed by atoms with Crippen LogP contribution in [-0.4, -0.2) is 37.2 Å². The highest BCUT2D eigenvalue weighted by atomic mass is 32.2. The number of hydrogen-bond acceptors (Lipinski definition) is 3. The van der Waals surface area contributed by atoms with E-state index in [1.165, 1.54) is 4.31 Å². The van der Waals surface area contributed by atoms with E-state index in [1.54, 1.807) is 0 Å². The highest BCUT2D eigenvalue weighted by Gasteiger charge is 2.18. The Balaban J connectivity index is 2.39. The number of nitrogens with zero attached hydrogens (tertiary/aromatic N) is 1. The van der Waals surface area contributed by atoms with E-state index < -0.39 is 11.3 Å². The quantitative estimate of drug-likeness (QED) is 0.605. The average molecular weight is 194 g/mol. The van der Waals surface area contributed by atoms with Gasteiger partial charge in [0.05, 0.1) is 0 Å². The molecule has 2 unspecified atom stereocenters. The third kappa shape index (κ3) is 2.74. The van der Waals surface area contributed by atoms with Gasteiger partial charge in [-0.2, -0.15) is 11.8 Å². The van der Waals surface area contributed by atoms with Crippen molar-refractivity contribution in [2.24, 2.45) is 0 Å². The van der Waals surface area contributed by atoms with Gasteiger partial charge in [0, 0.05) is 35.4 Å². The minimum atomic E-state index is -2.00. The Hall–Kier alpha value is 0.420. The van der Waals surface area contributed by atoms with Crippen LogP contribution in [0.2, 0.25) is 0 Å². The van der Waals surface area contributed by atoms with Gasteiger partial charge in [0.15, 0.2) is 0 Å². The molecule has 0 amide bonds. The van der Waals surface area contributed by atoms with E-state index in [4.69, 9.17) is 0 Å². The van der Waals surface area contributed by atoms with E-state index in [-0.39, 0.29) is 0 Å². The summed E-state index contributed by atoms with van der Waals surface area (Å²) in [6.07, 6.45) is 1.05. The van der Waals surface area contributed by atoms with Gasteiger partial charge >= 0.3 is 0 Å². The van der Waals surface area contributed by atoms with Crippen molar-refractivity contribution in [3.63, 3.8) is 0 Å². The van der Waals surface area contributed by atoms with Crippen molar-refractivity contribution in [3.8, 4) is 0 Å². The van der Waals surface area contributed by atoms with Crippen molar-refractivity contribution < 1.29 is 8.76 Å². The van der Waals surface area contributed by atoms with Gasteiger partial charge < -0.3 is 4.55 Å². The van der Waals surface area contributed by atoms with Gasteiger partial charge in [0.25, 0.3) is 0 Å². The molecule has 0 aromatic rings. The van der Waals surface area contributed by atoms with Gasteiger partial charge in [-0.3, -0.25) is 4.21 Å². The molecule has 1 heterocycles. The Bertz CT molecular complexity index is 154. The van der Waals surface area contributed by atoms with Crippen LogP contribution in [-0.2, 0) is 11.3 Å². The first kappa shape index (κ1) is 9.51. The fraction of sp³-hybridized carbons (Fsp3) is 1.00. The second kappa shape index (κ2) is 4.45. The standard InChI is InChI=1S/C6H13NO2S2/c1-2-6-5-7(11(8)9)3-4-10-6/h6H,2-5H2,1H3,(H,8,9)/p-1. The van der Waals surface area contributed by atoms with Crippen LogP contribution in [0.4, 0.5) is 0 Å². The van der Waals surface area contributed by atoms with Gasteiger partial charge in [0.1, 0.15) is 0 Å². The van der Waals surface area contributed by atoms with E-state index >= 15 is 0 Å². The molecule has 0 aromatic heterocycles. The van der Waals surface area contributed by atoms with Crippen LogP contribution in [0, 0.1) is 0 Å². The fourth-order valence-corrected chi connectivity index (χ4v) is 3.01. The zero-order valence-electron chi connectivity index (χ0n) is 6.49. The summed E-state index contributed by atoms with van der Waals surface area (Å²) in [6, 6.07) is 0. The Morgan fingerprint density at radius 2 is 2.55 bits per heavy atom. The summed E-state index contributed by atoms with van der Waals surface area (Å²) in [5, 5.41) is 0.502. The molecule has 1 aliphatic rings. The van der Waals surface area contributed by atoms with Gasteiger partial charge in [-0.15, -0.1) is 0 Å². The molecule has 5 heteroatoms. The fourth-order valence-electron chi connectivity index (χ4n) is 1.07. The van der Waals surface area contributed by atoms with Crippen LogP contribution in [0.15, 0.2) is 0 Å². The molecule has 1 rings (SSSR count). The zero-order chi connectivity index (χ0) is 8.27. The smallest absolute Gasteiger partial charge is 0.0222 e. The van der Waals surface area contributed by atoms with E-state index in [1.807, 2.05) is 11.8 Å². The summed E-state index contributed by atoms with van der Waals surface area (Å²) in [7, 11) is 0. The van der Waals surface area contributed by atoms with Crippen molar-refractivity contribution in [1.82, 2.24) is 4.31 Å². The Kier molecular flexibility index (Phi) is 3.84. The SMILES string of the molecule is CCC1CN(S(=O)[O-])CCS1. The maximum atomic E-state index is 10.5. The van der Waals surface area contributed by atoms with Crippen molar-refractivity contribution in [3.05, 3.63) is 0 Å². The van der Waals surface area contributed by atoms with Crippen molar-refractivity contribution in [2.45, 2.75) is 18.6 Å². The first-order chi connectivity index (χ1) is 5.24. The Morgan fingerprint density at radius 1 is 1.82 bits per heavy atom. The Morgan fingerprint density at radius 3 is 3.09 bits per heavy atom. The lowest BCUT2D eigenvalue weighted by molar-refractivity contribution is 0.392. The largest absolute Gasteiger partial charge is 0.760 e. The van der Waals surface area contributed by atoms with Crippen LogP contribution in [0.25, 0.3) is 0 Å². The lowest BCUT2D eigenvalue weighted by Crippen LogP contribution is -2.38. The van der Waals surface area contributed by atoms with Gasteiger partial charge in [-0.1, -0.05) is 6.92 Å². The molecule has 0 radical (unpaired) electrons. The number of rotatable bonds is 2. The molecule has 0 aliphatic carbocycles. The highest BCUT2D eigenvalue weighted by molar-refractivity contribution is 8.00. The molecule has 0 N–H and O–H groups in total. The molecule has 66 valence electrons. The molecule has 1 aliphatic heterocycles. The number of thioether (sulfide) groups is 1. The molecular weight excluding hydrogens is 182 g/mol. The summed E-state index contributed by atoms with van der Waals surface area (Å²) in [5.74, 6) is 0.937. The van der Waals surface area contributed by atoms with E-state index in [9.17, 15) is 8.76 Å². The summed E-state index contributed by atoms with van der Waals surface area (Å²) in [5.41, 5.74) is 0. The normalized spacial score (nSPS) is 30.2. The van der Waals surface area contributed by atoms with Crippen LogP contribution < -0.4 is 0 Å². The molecule has 1 saturated heterocycles. The van der Waals surface area contributed by atoms with E-state index in [2.05, 4.69) is 6.92 Å². The van der Waals surface area contributed by atoms with Crippen molar-refractivity contribution in [2.75, 3.05) is 18.8 Å². The lowest BCUT2D eigenvalue weighted by atomic mass is 10.3. The van der Waals surface area contributed by atoms with Crippen LogP contribution >= 0.6 is 11.8 Å². The van der Waals surface area contributed by atoms with Gasteiger partial charge in [-0.25, -0.2) is 4.31 Å². The molecule has 0 aromatic carbocycles. The van der Waals surface area contributed by atoms with Crippen LogP contribution in [0.1, 0.15) is 13.3 Å². The molecular formula is C6H12NO2S2-. The summed E-state index contributed by atoms with van der Waals surface area (Å²) in [6.45, 7) is 3.46. The monoisotopic (exact) mass is 194 g/mol. The second-order valence-electron chi connectivity index (χ2n) is 2.51. The first-order valence-electron chi connectivity index (χ1n) is 3.70. The summed E-state index contributed by atoms with van der Waals surface area (Å²) < 4.78 is 22.6. The third-order valence-electron chi connectivity index (χ3n) is 1.77. The van der Waals surface area contributed by atoms with Gasteiger partial charge in [-0.05, 0) is 6.42 Å². The number of hydrogen-bond donors (Lipinski definition) is 0. The van der Waals surface area contributed by atoms with E-state index in [0.717, 1.165) is 12.2 Å². The minimum Gasteiger partial charge on any atom is -0.760 e. The molecule has 1 fully saturated rings. The van der Waals surface area contributed by atoms with E-state index in [0.29, 0.717) is 18.3 Å². The predicted octanol–water partition coefficient (Wildman–Crippen LogP) is 0.608. The average Bonchev–Trinajstić information content (AvgIpc) is 2.05. The van der Waals surface area contributed by atoms with Gasteiger partial charge in [0.2, 0.25) is 0 Å². The molecule has 0 spiro atoms. The minimum absolute atomic E-state index is 0.502. The molecule has 11 heavy (non-hydrogen) atoms. The molecule has 3 nitrogen and oxygen atoms in total. The highest BCUT2D eigenvalue weighted by Crippen LogP contribution is 2.21. The molecule has 0 saturated carbocycles. The predicted molar refractivity (Wildman–Crippen MR) is 47.0 cm³/mol.